The minimum absolute atomic E-state index is 0.0314. The van der Waals surface area contributed by atoms with E-state index in [0.29, 0.717) is 17.0 Å². The number of hydrogen-bond acceptors (Lipinski definition) is 3. The van der Waals surface area contributed by atoms with E-state index in [4.69, 9.17) is 4.74 Å². The van der Waals surface area contributed by atoms with E-state index in [1.165, 1.54) is 6.92 Å². The minimum atomic E-state index is -0.192. The zero-order valence-corrected chi connectivity index (χ0v) is 8.59. The highest BCUT2D eigenvalue weighted by Crippen LogP contribution is 2.33. The Balaban J connectivity index is 2.58. The maximum atomic E-state index is 11.4. The summed E-state index contributed by atoms with van der Waals surface area (Å²) in [6.45, 7) is 3.32. The molecule has 1 aromatic rings. The number of aryl methyl sites for hydroxylation is 1. The second-order valence-electron chi connectivity index (χ2n) is 3.58. The summed E-state index contributed by atoms with van der Waals surface area (Å²) in [6.07, 6.45) is 0. The highest BCUT2D eigenvalue weighted by molar-refractivity contribution is 6.03. The van der Waals surface area contributed by atoms with Crippen molar-refractivity contribution in [2.24, 2.45) is 0 Å². The minimum Gasteiger partial charge on any atom is -0.481 e. The number of carbonyl (C=O) groups excluding carboxylic acids is 2. The third-order valence-corrected chi connectivity index (χ3v) is 2.23. The van der Waals surface area contributed by atoms with Crippen LogP contribution in [0.3, 0.4) is 0 Å². The van der Waals surface area contributed by atoms with Crippen molar-refractivity contribution in [2.75, 3.05) is 11.9 Å². The molecule has 1 aromatic carbocycles. The maximum Gasteiger partial charge on any atom is 0.262 e. The van der Waals surface area contributed by atoms with Gasteiger partial charge < -0.3 is 10.1 Å². The Morgan fingerprint density at radius 2 is 2.20 bits per heavy atom. The van der Waals surface area contributed by atoms with Crippen LogP contribution in [0.5, 0.6) is 5.75 Å². The van der Waals surface area contributed by atoms with E-state index in [0.717, 1.165) is 5.56 Å². The lowest BCUT2D eigenvalue weighted by Crippen LogP contribution is -2.26. The Bertz CT molecular complexity index is 451. The van der Waals surface area contributed by atoms with Gasteiger partial charge in [-0.1, -0.05) is 0 Å². The van der Waals surface area contributed by atoms with Crippen molar-refractivity contribution in [3.8, 4) is 5.75 Å². The van der Waals surface area contributed by atoms with Gasteiger partial charge in [-0.3, -0.25) is 9.59 Å². The van der Waals surface area contributed by atoms with Crippen molar-refractivity contribution in [1.29, 1.82) is 0 Å². The van der Waals surface area contributed by atoms with Crippen molar-refractivity contribution >= 4 is 17.4 Å². The van der Waals surface area contributed by atoms with Gasteiger partial charge in [0.1, 0.15) is 0 Å². The molecular weight excluding hydrogens is 194 g/mol. The summed E-state index contributed by atoms with van der Waals surface area (Å²) in [5.41, 5.74) is 2.02. The van der Waals surface area contributed by atoms with E-state index in [-0.39, 0.29) is 18.3 Å². The lowest BCUT2D eigenvalue weighted by Gasteiger charge is -2.20. The van der Waals surface area contributed by atoms with Crippen LogP contribution in [-0.2, 0) is 4.79 Å². The van der Waals surface area contributed by atoms with Gasteiger partial charge in [0.2, 0.25) is 0 Å². The SMILES string of the molecule is CC(=O)c1cc(C)cc2c1OCC(=O)N2. The zero-order chi connectivity index (χ0) is 11.0. The Labute approximate surface area is 87.2 Å². The third-order valence-electron chi connectivity index (χ3n) is 2.23. The predicted molar refractivity (Wildman–Crippen MR) is 55.3 cm³/mol. The third kappa shape index (κ3) is 1.70. The molecule has 1 heterocycles. The van der Waals surface area contributed by atoms with Crippen molar-refractivity contribution in [3.63, 3.8) is 0 Å². The summed E-state index contributed by atoms with van der Waals surface area (Å²) < 4.78 is 5.25. The van der Waals surface area contributed by atoms with Crippen LogP contribution in [0.1, 0.15) is 22.8 Å². The second-order valence-corrected chi connectivity index (χ2v) is 3.58. The number of ether oxygens (including phenoxy) is 1. The predicted octanol–water partition coefficient (Wildman–Crippen LogP) is 1.53. The number of rotatable bonds is 1. The molecule has 0 saturated carbocycles. The second kappa shape index (κ2) is 3.38. The molecule has 4 nitrogen and oxygen atoms in total. The number of benzene rings is 1. The van der Waals surface area contributed by atoms with E-state index >= 15 is 0 Å². The molecular formula is C11H11NO3. The molecule has 15 heavy (non-hydrogen) atoms. The fraction of sp³-hybridized carbons (Fsp3) is 0.273. The molecule has 1 aliphatic heterocycles. The number of nitrogens with one attached hydrogen (secondary N) is 1. The molecule has 0 aromatic heterocycles. The first-order valence-electron chi connectivity index (χ1n) is 4.66. The lowest BCUT2D eigenvalue weighted by atomic mass is 10.0. The summed E-state index contributed by atoms with van der Waals surface area (Å²) in [7, 11) is 0. The first-order valence-corrected chi connectivity index (χ1v) is 4.66. The normalized spacial score (nSPS) is 13.9. The van der Waals surface area contributed by atoms with Gasteiger partial charge in [0.25, 0.3) is 5.91 Å². The van der Waals surface area contributed by atoms with Gasteiger partial charge in [-0.05, 0) is 31.5 Å². The Kier molecular flexibility index (Phi) is 2.19. The maximum absolute atomic E-state index is 11.4. The van der Waals surface area contributed by atoms with Crippen LogP contribution in [-0.4, -0.2) is 18.3 Å². The quantitative estimate of drug-likeness (QED) is 0.707. The number of fused-ring (bicyclic) bond motifs is 1. The van der Waals surface area contributed by atoms with E-state index in [1.54, 1.807) is 12.1 Å². The van der Waals surface area contributed by atoms with Crippen LogP contribution in [0.4, 0.5) is 5.69 Å². The zero-order valence-electron chi connectivity index (χ0n) is 8.59. The Morgan fingerprint density at radius 1 is 1.47 bits per heavy atom. The number of Topliss-reactive ketones (excluding diaryl/α,β-unsaturated/α-hetero) is 1. The van der Waals surface area contributed by atoms with Crippen LogP contribution in [0.25, 0.3) is 0 Å². The largest absolute Gasteiger partial charge is 0.481 e. The molecule has 0 radical (unpaired) electrons. The highest BCUT2D eigenvalue weighted by Gasteiger charge is 2.21. The number of anilines is 1. The van der Waals surface area contributed by atoms with Gasteiger partial charge in [-0.15, -0.1) is 0 Å². The average Bonchev–Trinajstić information content (AvgIpc) is 2.15. The summed E-state index contributed by atoms with van der Waals surface area (Å²) >= 11 is 0. The van der Waals surface area contributed by atoms with E-state index in [1.807, 2.05) is 6.92 Å². The number of ketones is 1. The fourth-order valence-corrected chi connectivity index (χ4v) is 1.61. The summed E-state index contributed by atoms with van der Waals surface area (Å²) in [6, 6.07) is 3.55. The molecule has 1 aliphatic rings. The monoisotopic (exact) mass is 205 g/mol. The van der Waals surface area contributed by atoms with Crippen LogP contribution >= 0.6 is 0 Å². The van der Waals surface area contributed by atoms with Crippen LogP contribution in [0, 0.1) is 6.92 Å². The summed E-state index contributed by atoms with van der Waals surface area (Å²) in [4.78, 5) is 22.5. The van der Waals surface area contributed by atoms with Gasteiger partial charge in [0, 0.05) is 0 Å². The van der Waals surface area contributed by atoms with Crippen molar-refractivity contribution in [2.45, 2.75) is 13.8 Å². The van der Waals surface area contributed by atoms with E-state index in [2.05, 4.69) is 5.32 Å². The molecule has 0 saturated heterocycles. The molecule has 0 aliphatic carbocycles. The lowest BCUT2D eigenvalue weighted by molar-refractivity contribution is -0.118. The van der Waals surface area contributed by atoms with Crippen LogP contribution < -0.4 is 10.1 Å². The molecule has 0 fully saturated rings. The Morgan fingerprint density at radius 3 is 2.87 bits per heavy atom. The van der Waals surface area contributed by atoms with E-state index < -0.39 is 0 Å². The van der Waals surface area contributed by atoms with Crippen LogP contribution in [0.2, 0.25) is 0 Å². The molecule has 2 rings (SSSR count). The first-order chi connectivity index (χ1) is 7.08. The summed E-state index contributed by atoms with van der Waals surface area (Å²) in [5.74, 6) is 0.224. The molecule has 0 spiro atoms. The molecule has 0 atom stereocenters. The van der Waals surface area contributed by atoms with Gasteiger partial charge in [-0.25, -0.2) is 0 Å². The topological polar surface area (TPSA) is 55.4 Å². The average molecular weight is 205 g/mol. The summed E-state index contributed by atoms with van der Waals surface area (Å²) in [5, 5.41) is 2.68. The van der Waals surface area contributed by atoms with Crippen molar-refractivity contribution in [3.05, 3.63) is 23.3 Å². The van der Waals surface area contributed by atoms with Gasteiger partial charge in [0.05, 0.1) is 11.3 Å². The van der Waals surface area contributed by atoms with Gasteiger partial charge in [0.15, 0.2) is 18.1 Å². The molecule has 0 bridgehead atoms. The number of carbonyl (C=O) groups is 2. The smallest absolute Gasteiger partial charge is 0.262 e. The molecule has 4 heteroatoms. The number of amides is 1. The molecule has 1 N–H and O–H groups in total. The Hall–Kier alpha value is -1.84. The molecule has 78 valence electrons. The van der Waals surface area contributed by atoms with Crippen molar-refractivity contribution in [1.82, 2.24) is 0 Å². The number of hydrogen-bond donors (Lipinski definition) is 1. The first kappa shape index (κ1) is 9.71. The highest BCUT2D eigenvalue weighted by atomic mass is 16.5. The van der Waals surface area contributed by atoms with E-state index in [9.17, 15) is 9.59 Å². The molecule has 1 amide bonds. The van der Waals surface area contributed by atoms with Crippen molar-refractivity contribution < 1.29 is 14.3 Å². The fourth-order valence-electron chi connectivity index (χ4n) is 1.61. The van der Waals surface area contributed by atoms with Gasteiger partial charge in [-0.2, -0.15) is 0 Å². The standard InChI is InChI=1S/C11H11NO3/c1-6-3-8(7(2)13)11-9(4-6)12-10(14)5-15-11/h3-4H,5H2,1-2H3,(H,12,14). The molecule has 0 unspecified atom stereocenters. The van der Waals surface area contributed by atoms with Crippen LogP contribution in [0.15, 0.2) is 12.1 Å². The van der Waals surface area contributed by atoms with Gasteiger partial charge >= 0.3 is 0 Å².